The zero-order valence-corrected chi connectivity index (χ0v) is 16.7. The Labute approximate surface area is 167 Å². The van der Waals surface area contributed by atoms with Crippen molar-refractivity contribution >= 4 is 32.7 Å². The number of hydrogen-bond acceptors (Lipinski definition) is 3. The lowest BCUT2D eigenvalue weighted by molar-refractivity contribution is -0.129. The fourth-order valence-corrected chi connectivity index (χ4v) is 4.57. The maximum Gasteiger partial charge on any atom is 0.145 e. The van der Waals surface area contributed by atoms with E-state index in [0.29, 0.717) is 12.3 Å². The van der Waals surface area contributed by atoms with Gasteiger partial charge in [-0.3, -0.25) is 4.79 Å². The summed E-state index contributed by atoms with van der Waals surface area (Å²) in [6.45, 7) is 2.38. The molecule has 27 heavy (non-hydrogen) atoms. The normalized spacial score (nSPS) is 22.4. The lowest BCUT2D eigenvalue weighted by atomic mass is 9.80. The van der Waals surface area contributed by atoms with Gasteiger partial charge in [-0.25, -0.2) is 4.98 Å². The van der Waals surface area contributed by atoms with Gasteiger partial charge in [-0.15, -0.1) is 0 Å². The number of nitrogens with one attached hydrogen (secondary N) is 1. The minimum absolute atomic E-state index is 0.274. The maximum atomic E-state index is 13.2. The van der Waals surface area contributed by atoms with E-state index < -0.39 is 0 Å². The van der Waals surface area contributed by atoms with Crippen LogP contribution in [0.2, 0.25) is 0 Å². The molecule has 2 fully saturated rings. The molecule has 1 aliphatic carbocycles. The molecule has 5 heteroatoms. The van der Waals surface area contributed by atoms with Gasteiger partial charge < -0.3 is 9.88 Å². The van der Waals surface area contributed by atoms with Crippen LogP contribution in [0.15, 0.2) is 53.0 Å². The van der Waals surface area contributed by atoms with Crippen LogP contribution in [-0.2, 0) is 11.3 Å². The molecule has 1 atom stereocenters. The number of carbonyl (C=O) groups is 1. The third-order valence-corrected chi connectivity index (χ3v) is 6.46. The summed E-state index contributed by atoms with van der Waals surface area (Å²) in [6.07, 6.45) is 3.03. The second kappa shape index (κ2) is 6.57. The Morgan fingerprint density at radius 2 is 1.96 bits per heavy atom. The van der Waals surface area contributed by atoms with Gasteiger partial charge in [0.15, 0.2) is 0 Å². The standard InChI is InChI=1S/C22H22BrN3O/c23-17-9-7-16(8-10-17)21-25-18-3-1-2-4-19(18)26(21)14-22(11-12-24-13-22)20(27)15-5-6-15/h1-4,7-10,15,24H,5-6,11-14H2/t22-/m0/s1. The Bertz CT molecular complexity index is 998. The van der Waals surface area contributed by atoms with Gasteiger partial charge in [-0.2, -0.15) is 0 Å². The fourth-order valence-electron chi connectivity index (χ4n) is 4.30. The molecule has 1 aromatic heterocycles. The Hall–Kier alpha value is -1.98. The number of aromatic nitrogens is 2. The Morgan fingerprint density at radius 1 is 1.19 bits per heavy atom. The van der Waals surface area contributed by atoms with Gasteiger partial charge in [0, 0.05) is 29.0 Å². The van der Waals surface area contributed by atoms with Crippen molar-refractivity contribution in [3.05, 3.63) is 53.0 Å². The number of halogens is 1. The van der Waals surface area contributed by atoms with E-state index in [1.54, 1.807) is 0 Å². The number of nitrogens with zero attached hydrogens (tertiary/aromatic N) is 2. The van der Waals surface area contributed by atoms with E-state index in [1.165, 1.54) is 0 Å². The van der Waals surface area contributed by atoms with Crippen molar-refractivity contribution in [1.82, 2.24) is 14.9 Å². The number of hydrogen-bond donors (Lipinski definition) is 1. The summed E-state index contributed by atoms with van der Waals surface area (Å²) in [4.78, 5) is 18.1. The molecule has 0 unspecified atom stereocenters. The highest BCUT2D eigenvalue weighted by Crippen LogP contribution is 2.42. The number of Topliss-reactive ketones (excluding diaryl/α,β-unsaturated/α-hetero) is 1. The quantitative estimate of drug-likeness (QED) is 0.660. The Kier molecular flexibility index (Phi) is 4.17. The number of imidazole rings is 1. The first kappa shape index (κ1) is 17.1. The van der Waals surface area contributed by atoms with E-state index >= 15 is 0 Å². The fraction of sp³-hybridized carbons (Fsp3) is 0.364. The molecule has 5 rings (SSSR count). The highest BCUT2D eigenvalue weighted by atomic mass is 79.9. The molecular formula is C22H22BrN3O. The SMILES string of the molecule is O=C(C1CC1)[C@@]1(Cn2c(-c3ccc(Br)cc3)nc3ccccc32)CCNC1. The Morgan fingerprint density at radius 3 is 2.67 bits per heavy atom. The van der Waals surface area contributed by atoms with Gasteiger partial charge in [0.25, 0.3) is 0 Å². The molecule has 0 spiro atoms. The van der Waals surface area contributed by atoms with Gasteiger partial charge in [0.2, 0.25) is 0 Å². The average molecular weight is 424 g/mol. The summed E-state index contributed by atoms with van der Waals surface area (Å²) in [6, 6.07) is 16.5. The molecule has 1 N–H and O–H groups in total. The summed E-state index contributed by atoms with van der Waals surface area (Å²) in [5.41, 5.74) is 2.85. The number of rotatable bonds is 5. The van der Waals surface area contributed by atoms with Crippen molar-refractivity contribution in [3.8, 4) is 11.4 Å². The minimum Gasteiger partial charge on any atom is -0.323 e. The van der Waals surface area contributed by atoms with E-state index in [9.17, 15) is 4.79 Å². The van der Waals surface area contributed by atoms with Crippen molar-refractivity contribution in [2.45, 2.75) is 25.8 Å². The van der Waals surface area contributed by atoms with Crippen molar-refractivity contribution < 1.29 is 4.79 Å². The molecule has 0 bridgehead atoms. The van der Waals surface area contributed by atoms with Crippen LogP contribution in [0.4, 0.5) is 0 Å². The van der Waals surface area contributed by atoms with Crippen molar-refractivity contribution in [2.24, 2.45) is 11.3 Å². The first-order valence-corrected chi connectivity index (χ1v) is 10.4. The largest absolute Gasteiger partial charge is 0.323 e. The maximum absolute atomic E-state index is 13.2. The molecule has 2 heterocycles. The summed E-state index contributed by atoms with van der Waals surface area (Å²) < 4.78 is 3.32. The van der Waals surface area contributed by atoms with Gasteiger partial charge >= 0.3 is 0 Å². The molecule has 2 aromatic carbocycles. The number of ketones is 1. The third-order valence-electron chi connectivity index (χ3n) is 5.93. The van der Waals surface area contributed by atoms with Crippen LogP contribution in [-0.4, -0.2) is 28.4 Å². The second-order valence-electron chi connectivity index (χ2n) is 7.86. The molecule has 0 radical (unpaired) electrons. The highest BCUT2D eigenvalue weighted by molar-refractivity contribution is 9.10. The van der Waals surface area contributed by atoms with Crippen LogP contribution in [0, 0.1) is 11.3 Å². The first-order valence-electron chi connectivity index (χ1n) is 9.63. The van der Waals surface area contributed by atoms with Crippen LogP contribution in [0.1, 0.15) is 19.3 Å². The zero-order valence-electron chi connectivity index (χ0n) is 15.1. The lowest BCUT2D eigenvalue weighted by Gasteiger charge is -2.28. The molecule has 1 saturated carbocycles. The molecule has 3 aromatic rings. The summed E-state index contributed by atoms with van der Waals surface area (Å²) >= 11 is 3.51. The third kappa shape index (κ3) is 3.03. The molecule has 0 amide bonds. The predicted octanol–water partition coefficient (Wildman–Crippen LogP) is 4.42. The van der Waals surface area contributed by atoms with Crippen LogP contribution in [0.25, 0.3) is 22.4 Å². The average Bonchev–Trinajstić information content (AvgIpc) is 3.33. The predicted molar refractivity (Wildman–Crippen MR) is 111 cm³/mol. The molecule has 2 aliphatic rings. The van der Waals surface area contributed by atoms with E-state index in [-0.39, 0.29) is 11.3 Å². The molecular weight excluding hydrogens is 402 g/mol. The zero-order chi connectivity index (χ0) is 18.4. The molecule has 1 saturated heterocycles. The van der Waals surface area contributed by atoms with Gasteiger partial charge in [-0.1, -0.05) is 40.2 Å². The number of para-hydroxylation sites is 2. The van der Waals surface area contributed by atoms with E-state index in [2.05, 4.69) is 50.1 Å². The first-order chi connectivity index (χ1) is 13.2. The van der Waals surface area contributed by atoms with Crippen molar-refractivity contribution in [1.29, 1.82) is 0 Å². The van der Waals surface area contributed by atoms with Crippen LogP contribution >= 0.6 is 15.9 Å². The number of fused-ring (bicyclic) bond motifs is 1. The molecule has 1 aliphatic heterocycles. The van der Waals surface area contributed by atoms with Crippen molar-refractivity contribution in [3.63, 3.8) is 0 Å². The second-order valence-corrected chi connectivity index (χ2v) is 8.78. The Balaban J connectivity index is 1.63. The van der Waals surface area contributed by atoms with E-state index in [1.807, 2.05) is 24.3 Å². The number of benzene rings is 2. The topological polar surface area (TPSA) is 46.9 Å². The van der Waals surface area contributed by atoms with Gasteiger partial charge in [-0.05, 0) is 50.1 Å². The van der Waals surface area contributed by atoms with Gasteiger partial charge in [0.05, 0.1) is 16.4 Å². The summed E-state index contributed by atoms with van der Waals surface area (Å²) in [5.74, 6) is 1.67. The molecule has 138 valence electrons. The van der Waals surface area contributed by atoms with Gasteiger partial charge in [0.1, 0.15) is 11.6 Å². The summed E-state index contributed by atoms with van der Waals surface area (Å²) in [7, 11) is 0. The molecule has 4 nitrogen and oxygen atoms in total. The number of carbonyl (C=O) groups excluding carboxylic acids is 1. The van der Waals surface area contributed by atoms with Crippen LogP contribution in [0.5, 0.6) is 0 Å². The highest BCUT2D eigenvalue weighted by Gasteiger charge is 2.48. The van der Waals surface area contributed by atoms with Crippen molar-refractivity contribution in [2.75, 3.05) is 13.1 Å². The lowest BCUT2D eigenvalue weighted by Crippen LogP contribution is -2.39. The summed E-state index contributed by atoms with van der Waals surface area (Å²) in [5, 5.41) is 3.44. The monoisotopic (exact) mass is 423 g/mol. The van der Waals surface area contributed by atoms with Crippen LogP contribution in [0.3, 0.4) is 0 Å². The van der Waals surface area contributed by atoms with Crippen LogP contribution < -0.4 is 5.32 Å². The van der Waals surface area contributed by atoms with E-state index in [0.717, 1.165) is 59.2 Å². The van der Waals surface area contributed by atoms with E-state index in [4.69, 9.17) is 4.98 Å². The minimum atomic E-state index is -0.311. The smallest absolute Gasteiger partial charge is 0.145 e.